The molecule has 0 aromatic heterocycles. The van der Waals surface area contributed by atoms with E-state index < -0.39 is 0 Å². The number of nitrogens with one attached hydrogen (secondary N) is 1. The highest BCUT2D eigenvalue weighted by Crippen LogP contribution is 2.32. The van der Waals surface area contributed by atoms with Gasteiger partial charge in [0.1, 0.15) is 0 Å². The predicted molar refractivity (Wildman–Crippen MR) is 104 cm³/mol. The van der Waals surface area contributed by atoms with Crippen molar-refractivity contribution in [3.8, 4) is 0 Å². The fourth-order valence-electron chi connectivity index (χ4n) is 4.12. The molecule has 0 unspecified atom stereocenters. The molecule has 0 radical (unpaired) electrons. The van der Waals surface area contributed by atoms with Crippen LogP contribution in [0.15, 0.2) is 24.3 Å². The van der Waals surface area contributed by atoms with E-state index in [-0.39, 0.29) is 11.3 Å². The first kappa shape index (κ1) is 19.6. The Labute approximate surface area is 161 Å². The normalized spacial score (nSPS) is 21.4. The zero-order chi connectivity index (χ0) is 18.4. The molecule has 1 N–H and O–H groups in total. The number of halogens is 1. The van der Waals surface area contributed by atoms with Crippen LogP contribution in [0.2, 0.25) is 5.02 Å². The average Bonchev–Trinajstić information content (AvgIpc) is 2.89. The third kappa shape index (κ3) is 4.77. The number of rotatable bonds is 5. The van der Waals surface area contributed by atoms with Gasteiger partial charge in [-0.25, -0.2) is 0 Å². The van der Waals surface area contributed by atoms with Crippen LogP contribution in [-0.2, 0) is 16.1 Å². The van der Waals surface area contributed by atoms with Crippen LogP contribution in [0.4, 0.5) is 0 Å². The summed E-state index contributed by atoms with van der Waals surface area (Å²) in [6, 6.07) is 8.05. The molecule has 2 fully saturated rings. The largest absolute Gasteiger partial charge is 0.384 e. The Hall–Kier alpha value is -1.14. The van der Waals surface area contributed by atoms with Crippen LogP contribution in [0.25, 0.3) is 0 Å². The molecule has 5 nitrogen and oxygen atoms in total. The van der Waals surface area contributed by atoms with Crippen LogP contribution < -0.4 is 5.32 Å². The van der Waals surface area contributed by atoms with Crippen molar-refractivity contribution in [2.45, 2.75) is 25.8 Å². The zero-order valence-corrected chi connectivity index (χ0v) is 16.4. The van der Waals surface area contributed by atoms with Crippen molar-refractivity contribution < 1.29 is 9.53 Å². The number of piperidine rings is 1. The van der Waals surface area contributed by atoms with Gasteiger partial charge in [-0.15, -0.1) is 0 Å². The number of ether oxygens (including phenoxy) is 1. The highest BCUT2D eigenvalue weighted by Gasteiger charge is 2.42. The molecule has 0 saturated carbocycles. The van der Waals surface area contributed by atoms with Gasteiger partial charge in [0.15, 0.2) is 0 Å². The molecule has 26 heavy (non-hydrogen) atoms. The lowest BCUT2D eigenvalue weighted by Gasteiger charge is -2.39. The molecule has 1 aromatic carbocycles. The first-order chi connectivity index (χ1) is 12.6. The number of nitrogens with zero attached hydrogens (tertiary/aromatic N) is 2. The van der Waals surface area contributed by atoms with Crippen molar-refractivity contribution >= 4 is 17.5 Å². The topological polar surface area (TPSA) is 44.8 Å². The maximum atomic E-state index is 13.3. The van der Waals surface area contributed by atoms with Gasteiger partial charge in [-0.1, -0.05) is 23.7 Å². The minimum absolute atomic E-state index is 0.286. The Kier molecular flexibility index (Phi) is 6.92. The van der Waals surface area contributed by atoms with Gasteiger partial charge in [-0.2, -0.15) is 0 Å². The summed E-state index contributed by atoms with van der Waals surface area (Å²) in [5.74, 6) is 0.286. The molecule has 0 aliphatic carbocycles. The molecular weight excluding hydrogens is 350 g/mol. The van der Waals surface area contributed by atoms with Crippen LogP contribution in [0.1, 0.15) is 24.8 Å². The Bertz CT molecular complexity index is 582. The van der Waals surface area contributed by atoms with E-state index in [0.29, 0.717) is 6.61 Å². The molecule has 2 saturated heterocycles. The molecule has 0 atom stereocenters. The van der Waals surface area contributed by atoms with E-state index in [2.05, 4.69) is 27.2 Å². The van der Waals surface area contributed by atoms with Gasteiger partial charge >= 0.3 is 0 Å². The SMILES string of the molecule is COCC1(C(=O)N2CCCN(Cc3ccc(Cl)cc3)CC2)CCNCC1. The van der Waals surface area contributed by atoms with Crippen molar-refractivity contribution in [2.75, 3.05) is 53.0 Å². The van der Waals surface area contributed by atoms with Gasteiger partial charge in [0.2, 0.25) is 5.91 Å². The minimum atomic E-state index is -0.342. The summed E-state index contributed by atoms with van der Waals surface area (Å²) < 4.78 is 5.44. The Morgan fingerprint density at radius 1 is 1.15 bits per heavy atom. The summed E-state index contributed by atoms with van der Waals surface area (Å²) in [4.78, 5) is 17.8. The van der Waals surface area contributed by atoms with Gasteiger partial charge in [0.05, 0.1) is 12.0 Å². The maximum absolute atomic E-state index is 13.3. The molecule has 6 heteroatoms. The number of hydrogen-bond donors (Lipinski definition) is 1. The van der Waals surface area contributed by atoms with E-state index in [1.54, 1.807) is 7.11 Å². The molecule has 3 rings (SSSR count). The molecule has 144 valence electrons. The van der Waals surface area contributed by atoms with E-state index in [1.807, 2.05) is 12.1 Å². The third-order valence-electron chi connectivity index (χ3n) is 5.63. The Balaban J connectivity index is 1.60. The van der Waals surface area contributed by atoms with E-state index in [9.17, 15) is 4.79 Å². The van der Waals surface area contributed by atoms with E-state index in [4.69, 9.17) is 16.3 Å². The summed E-state index contributed by atoms with van der Waals surface area (Å²) in [6.07, 6.45) is 2.75. The average molecular weight is 380 g/mol. The quantitative estimate of drug-likeness (QED) is 0.853. The van der Waals surface area contributed by atoms with E-state index in [0.717, 1.165) is 70.1 Å². The summed E-state index contributed by atoms with van der Waals surface area (Å²) >= 11 is 5.97. The lowest BCUT2D eigenvalue weighted by molar-refractivity contribution is -0.147. The zero-order valence-electron chi connectivity index (χ0n) is 15.7. The third-order valence-corrected chi connectivity index (χ3v) is 5.88. The molecule has 2 aliphatic heterocycles. The highest BCUT2D eigenvalue weighted by atomic mass is 35.5. The number of hydrogen-bond acceptors (Lipinski definition) is 4. The number of carbonyl (C=O) groups excluding carboxylic acids is 1. The van der Waals surface area contributed by atoms with Gasteiger partial charge in [0, 0.05) is 44.9 Å². The van der Waals surface area contributed by atoms with Crippen LogP contribution >= 0.6 is 11.6 Å². The first-order valence-electron chi connectivity index (χ1n) is 9.59. The summed E-state index contributed by atoms with van der Waals surface area (Å²) in [6.45, 7) is 6.79. The van der Waals surface area contributed by atoms with Crippen molar-refractivity contribution in [1.29, 1.82) is 0 Å². The summed E-state index contributed by atoms with van der Waals surface area (Å²) in [7, 11) is 1.70. The lowest BCUT2D eigenvalue weighted by atomic mass is 9.78. The van der Waals surface area contributed by atoms with E-state index in [1.165, 1.54) is 5.56 Å². The second-order valence-corrected chi connectivity index (χ2v) is 7.95. The molecule has 0 spiro atoms. The molecule has 2 heterocycles. The molecule has 2 aliphatic rings. The second-order valence-electron chi connectivity index (χ2n) is 7.51. The fraction of sp³-hybridized carbons (Fsp3) is 0.650. The number of benzene rings is 1. The van der Waals surface area contributed by atoms with Gasteiger partial charge in [-0.3, -0.25) is 9.69 Å². The van der Waals surface area contributed by atoms with Crippen LogP contribution in [-0.4, -0.2) is 68.7 Å². The minimum Gasteiger partial charge on any atom is -0.384 e. The van der Waals surface area contributed by atoms with E-state index >= 15 is 0 Å². The van der Waals surface area contributed by atoms with Crippen LogP contribution in [0, 0.1) is 5.41 Å². The second kappa shape index (κ2) is 9.18. The van der Waals surface area contributed by atoms with Gasteiger partial charge in [-0.05, 0) is 50.0 Å². The number of methoxy groups -OCH3 is 1. The predicted octanol–water partition coefficient (Wildman–Crippen LogP) is 2.39. The van der Waals surface area contributed by atoms with Crippen molar-refractivity contribution in [3.63, 3.8) is 0 Å². The van der Waals surface area contributed by atoms with Crippen molar-refractivity contribution in [1.82, 2.24) is 15.1 Å². The molecule has 1 aromatic rings. The van der Waals surface area contributed by atoms with Crippen LogP contribution in [0.5, 0.6) is 0 Å². The maximum Gasteiger partial charge on any atom is 0.231 e. The highest BCUT2D eigenvalue weighted by molar-refractivity contribution is 6.30. The Morgan fingerprint density at radius 2 is 1.88 bits per heavy atom. The van der Waals surface area contributed by atoms with Crippen molar-refractivity contribution in [3.05, 3.63) is 34.9 Å². The van der Waals surface area contributed by atoms with Crippen LogP contribution in [0.3, 0.4) is 0 Å². The van der Waals surface area contributed by atoms with Gasteiger partial charge < -0.3 is 15.0 Å². The molecule has 0 bridgehead atoms. The standard InChI is InChI=1S/C20H30ClN3O2/c1-26-16-20(7-9-22-10-8-20)19(25)24-12-2-11-23(13-14-24)15-17-3-5-18(21)6-4-17/h3-6,22H,2,7-16H2,1H3. The van der Waals surface area contributed by atoms with Gasteiger partial charge in [0.25, 0.3) is 0 Å². The Morgan fingerprint density at radius 3 is 2.58 bits per heavy atom. The smallest absolute Gasteiger partial charge is 0.231 e. The number of carbonyl (C=O) groups is 1. The summed E-state index contributed by atoms with van der Waals surface area (Å²) in [5, 5.41) is 4.13. The molecular formula is C20H30ClN3O2. The number of amides is 1. The summed E-state index contributed by atoms with van der Waals surface area (Å²) in [5.41, 5.74) is 0.925. The van der Waals surface area contributed by atoms with Crippen molar-refractivity contribution in [2.24, 2.45) is 5.41 Å². The molecule has 1 amide bonds. The monoisotopic (exact) mass is 379 g/mol. The first-order valence-corrected chi connectivity index (χ1v) is 9.97. The lowest BCUT2D eigenvalue weighted by Crippen LogP contribution is -2.52. The fourth-order valence-corrected chi connectivity index (χ4v) is 4.24.